The minimum Gasteiger partial charge on any atom is -0.497 e. The van der Waals surface area contributed by atoms with Gasteiger partial charge in [0.25, 0.3) is 0 Å². The second kappa shape index (κ2) is 8.62. The van der Waals surface area contributed by atoms with Crippen molar-refractivity contribution < 1.29 is 27.4 Å². The standard InChI is InChI=1S/C19H22O6S/c1-22-15-7-5-14(6-8-15)13-26(20,21)10-9-17-18(24-3)11-16(23-2)12-19(17)25-4/h5-12H,13H2,1-4H3. The first kappa shape index (κ1) is 19.7. The lowest BCUT2D eigenvalue weighted by Crippen LogP contribution is -2.00. The van der Waals surface area contributed by atoms with E-state index in [1.165, 1.54) is 27.4 Å². The van der Waals surface area contributed by atoms with Crippen LogP contribution in [0, 0.1) is 0 Å². The van der Waals surface area contributed by atoms with Crippen molar-refractivity contribution in [2.24, 2.45) is 0 Å². The van der Waals surface area contributed by atoms with Crippen LogP contribution in [0.4, 0.5) is 0 Å². The van der Waals surface area contributed by atoms with Crippen molar-refractivity contribution in [3.05, 3.63) is 52.9 Å². The Hall–Kier alpha value is -2.67. The first-order valence-electron chi connectivity index (χ1n) is 7.76. The van der Waals surface area contributed by atoms with E-state index in [9.17, 15) is 8.42 Å². The van der Waals surface area contributed by atoms with E-state index in [1.54, 1.807) is 43.5 Å². The molecule has 0 bridgehead atoms. The lowest BCUT2D eigenvalue weighted by Gasteiger charge is -2.12. The molecule has 0 aliphatic heterocycles. The SMILES string of the molecule is COc1ccc(CS(=O)(=O)C=Cc2c(OC)cc(OC)cc2OC)cc1. The lowest BCUT2D eigenvalue weighted by molar-refractivity contribution is 0.374. The maximum atomic E-state index is 12.4. The van der Waals surface area contributed by atoms with E-state index in [0.29, 0.717) is 34.1 Å². The highest BCUT2D eigenvalue weighted by Gasteiger charge is 2.13. The normalized spacial score (nSPS) is 11.4. The van der Waals surface area contributed by atoms with Gasteiger partial charge in [0.15, 0.2) is 9.84 Å². The van der Waals surface area contributed by atoms with E-state index in [0.717, 1.165) is 5.41 Å². The lowest BCUT2D eigenvalue weighted by atomic mass is 10.1. The van der Waals surface area contributed by atoms with E-state index in [4.69, 9.17) is 18.9 Å². The molecular weight excluding hydrogens is 356 g/mol. The van der Waals surface area contributed by atoms with Crippen LogP contribution in [-0.4, -0.2) is 36.9 Å². The molecule has 0 spiro atoms. The Balaban J connectivity index is 2.29. The molecule has 2 rings (SSSR count). The summed E-state index contributed by atoms with van der Waals surface area (Å²) < 4.78 is 45.7. The van der Waals surface area contributed by atoms with Crippen molar-refractivity contribution >= 4 is 15.9 Å². The Bertz CT molecular complexity index is 844. The summed E-state index contributed by atoms with van der Waals surface area (Å²) in [5, 5.41) is 1.16. The number of hydrogen-bond acceptors (Lipinski definition) is 6. The van der Waals surface area contributed by atoms with Gasteiger partial charge in [-0.3, -0.25) is 0 Å². The third-order valence-electron chi connectivity index (χ3n) is 3.72. The van der Waals surface area contributed by atoms with Crippen molar-refractivity contribution in [3.63, 3.8) is 0 Å². The van der Waals surface area contributed by atoms with Crippen LogP contribution >= 0.6 is 0 Å². The molecule has 0 N–H and O–H groups in total. The molecule has 0 aliphatic carbocycles. The summed E-state index contributed by atoms with van der Waals surface area (Å²) in [6, 6.07) is 10.2. The van der Waals surface area contributed by atoms with Crippen LogP contribution in [0.2, 0.25) is 0 Å². The Morgan fingerprint density at radius 1 is 0.808 bits per heavy atom. The van der Waals surface area contributed by atoms with E-state index in [2.05, 4.69) is 0 Å². The molecule has 0 aromatic heterocycles. The fourth-order valence-electron chi connectivity index (χ4n) is 2.37. The van der Waals surface area contributed by atoms with Gasteiger partial charge in [-0.05, 0) is 23.8 Å². The smallest absolute Gasteiger partial charge is 0.175 e. The average molecular weight is 378 g/mol. The second-order valence-corrected chi connectivity index (χ2v) is 7.29. The Morgan fingerprint density at radius 3 is 1.81 bits per heavy atom. The van der Waals surface area contributed by atoms with E-state index in [-0.39, 0.29) is 5.75 Å². The first-order chi connectivity index (χ1) is 12.4. The molecule has 0 atom stereocenters. The molecular formula is C19H22O6S. The Labute approximate surface area is 153 Å². The third-order valence-corrected chi connectivity index (χ3v) is 5.01. The molecule has 2 aromatic rings. The van der Waals surface area contributed by atoms with Gasteiger partial charge in [0.05, 0.1) is 39.8 Å². The molecule has 0 amide bonds. The number of rotatable bonds is 8. The molecule has 6 nitrogen and oxygen atoms in total. The molecule has 0 heterocycles. The van der Waals surface area contributed by atoms with Gasteiger partial charge in [0.1, 0.15) is 23.0 Å². The van der Waals surface area contributed by atoms with Crippen molar-refractivity contribution in [2.45, 2.75) is 5.75 Å². The molecule has 0 saturated carbocycles. The summed E-state index contributed by atoms with van der Waals surface area (Å²) in [5.41, 5.74) is 1.19. The predicted octanol–water partition coefficient (Wildman–Crippen LogP) is 3.31. The van der Waals surface area contributed by atoms with Crippen molar-refractivity contribution in [1.82, 2.24) is 0 Å². The van der Waals surface area contributed by atoms with Gasteiger partial charge >= 0.3 is 0 Å². The zero-order chi connectivity index (χ0) is 19.2. The topological polar surface area (TPSA) is 71.1 Å². The zero-order valence-electron chi connectivity index (χ0n) is 15.2. The summed E-state index contributed by atoms with van der Waals surface area (Å²) in [6.07, 6.45) is 1.47. The fourth-order valence-corrected chi connectivity index (χ4v) is 3.47. The highest BCUT2D eigenvalue weighted by atomic mass is 32.2. The second-order valence-electron chi connectivity index (χ2n) is 5.40. The third kappa shape index (κ3) is 4.92. The largest absolute Gasteiger partial charge is 0.497 e. The summed E-state index contributed by atoms with van der Waals surface area (Å²) in [6.45, 7) is 0. The maximum absolute atomic E-state index is 12.4. The van der Waals surface area contributed by atoms with Gasteiger partial charge in [-0.2, -0.15) is 0 Å². The number of benzene rings is 2. The Kier molecular flexibility index (Phi) is 6.52. The van der Waals surface area contributed by atoms with Gasteiger partial charge in [-0.25, -0.2) is 8.42 Å². The van der Waals surface area contributed by atoms with Crippen LogP contribution in [0.5, 0.6) is 23.0 Å². The highest BCUT2D eigenvalue weighted by molar-refractivity contribution is 7.93. The Morgan fingerprint density at radius 2 is 1.35 bits per heavy atom. The van der Waals surface area contributed by atoms with Crippen LogP contribution in [0.25, 0.3) is 6.08 Å². The first-order valence-corrected chi connectivity index (χ1v) is 9.47. The monoisotopic (exact) mass is 378 g/mol. The van der Waals surface area contributed by atoms with Gasteiger partial charge in [-0.15, -0.1) is 0 Å². The van der Waals surface area contributed by atoms with Crippen LogP contribution < -0.4 is 18.9 Å². The molecule has 0 aliphatic rings. The van der Waals surface area contributed by atoms with Gasteiger partial charge in [0.2, 0.25) is 0 Å². The van der Waals surface area contributed by atoms with Gasteiger partial charge in [0, 0.05) is 17.5 Å². The summed E-state index contributed by atoms with van der Waals surface area (Å²) in [5.74, 6) is 2.02. The molecule has 7 heteroatoms. The molecule has 0 radical (unpaired) electrons. The quantitative estimate of drug-likeness (QED) is 0.702. The summed E-state index contributed by atoms with van der Waals surface area (Å²) >= 11 is 0. The number of ether oxygens (including phenoxy) is 4. The van der Waals surface area contributed by atoms with Crippen LogP contribution in [0.15, 0.2) is 41.8 Å². The highest BCUT2D eigenvalue weighted by Crippen LogP contribution is 2.35. The van der Waals surface area contributed by atoms with Crippen LogP contribution in [-0.2, 0) is 15.6 Å². The van der Waals surface area contributed by atoms with Crippen LogP contribution in [0.1, 0.15) is 11.1 Å². The van der Waals surface area contributed by atoms with Gasteiger partial charge < -0.3 is 18.9 Å². The van der Waals surface area contributed by atoms with Crippen molar-refractivity contribution in [3.8, 4) is 23.0 Å². The van der Waals surface area contributed by atoms with E-state index >= 15 is 0 Å². The number of hydrogen-bond donors (Lipinski definition) is 0. The summed E-state index contributed by atoms with van der Waals surface area (Å²) in [7, 11) is 2.60. The molecule has 140 valence electrons. The molecule has 0 unspecified atom stereocenters. The predicted molar refractivity (Wildman–Crippen MR) is 101 cm³/mol. The minimum absolute atomic E-state index is 0.117. The minimum atomic E-state index is -3.48. The molecule has 0 saturated heterocycles. The van der Waals surface area contributed by atoms with E-state index in [1.807, 2.05) is 0 Å². The maximum Gasteiger partial charge on any atom is 0.175 e. The van der Waals surface area contributed by atoms with Crippen molar-refractivity contribution in [2.75, 3.05) is 28.4 Å². The average Bonchev–Trinajstić information content (AvgIpc) is 2.65. The number of methoxy groups -OCH3 is 4. The summed E-state index contributed by atoms with van der Waals surface area (Å²) in [4.78, 5) is 0. The van der Waals surface area contributed by atoms with Gasteiger partial charge in [-0.1, -0.05) is 12.1 Å². The van der Waals surface area contributed by atoms with Crippen LogP contribution in [0.3, 0.4) is 0 Å². The van der Waals surface area contributed by atoms with Crippen molar-refractivity contribution in [1.29, 1.82) is 0 Å². The molecule has 26 heavy (non-hydrogen) atoms. The fraction of sp³-hybridized carbons (Fsp3) is 0.263. The molecule has 2 aromatic carbocycles. The number of sulfone groups is 1. The van der Waals surface area contributed by atoms with E-state index < -0.39 is 9.84 Å². The zero-order valence-corrected chi connectivity index (χ0v) is 16.0. The molecule has 0 fully saturated rings.